The van der Waals surface area contributed by atoms with E-state index in [4.69, 9.17) is 4.99 Å². The van der Waals surface area contributed by atoms with E-state index < -0.39 is 0 Å². The smallest absolute Gasteiger partial charge is 0.145 e. The van der Waals surface area contributed by atoms with Gasteiger partial charge in [-0.2, -0.15) is 0 Å². The molecule has 1 unspecified atom stereocenters. The third-order valence-corrected chi connectivity index (χ3v) is 10.9. The van der Waals surface area contributed by atoms with Gasteiger partial charge in [0, 0.05) is 27.7 Å². The Labute approximate surface area is 306 Å². The first-order chi connectivity index (χ1) is 26.2. The minimum absolute atomic E-state index is 0.268. The maximum atomic E-state index is 5.38. The number of nitrogens with one attached hydrogen (secondary N) is 1. The molecule has 11 rings (SSSR count). The molecule has 53 heavy (non-hydrogen) atoms. The molecule has 3 heteroatoms. The van der Waals surface area contributed by atoms with Gasteiger partial charge < -0.3 is 9.88 Å². The fraction of sp³-hybridized carbons (Fsp3) is 0.0200. The number of nitrogens with zero attached hydrogens (tertiary/aromatic N) is 2. The first-order valence-corrected chi connectivity index (χ1v) is 18.2. The Bertz CT molecular complexity index is 3160. The van der Waals surface area contributed by atoms with E-state index in [0.717, 1.165) is 33.8 Å². The molecular formula is C50H33N3. The Hall–Kier alpha value is -6.97. The summed E-state index contributed by atoms with van der Waals surface area (Å²) in [5, 5.41) is 16.1. The van der Waals surface area contributed by atoms with Gasteiger partial charge in [0.1, 0.15) is 6.17 Å². The molecule has 0 saturated carbocycles. The highest BCUT2D eigenvalue weighted by atomic mass is 15.1. The number of aliphatic imine (C=N–C) groups is 1. The highest BCUT2D eigenvalue weighted by molar-refractivity contribution is 6.15. The Morgan fingerprint density at radius 3 is 1.77 bits per heavy atom. The molecule has 0 saturated heterocycles. The number of hydrogen-bond donors (Lipinski definition) is 1. The van der Waals surface area contributed by atoms with E-state index in [1.807, 2.05) is 0 Å². The third kappa shape index (κ3) is 5.01. The SMILES string of the molecule is C1=C(c2ccc3ccccc3c2)NC(c2ccc3ccc(-n4c5ccccc5c5cc6ccccc6cc54)cc3c2)N=C1c1ccc2ccccc2c1. The number of allylic oxidation sites excluding steroid dienone is 1. The molecule has 0 radical (unpaired) electrons. The first kappa shape index (κ1) is 29.7. The molecule has 1 atom stereocenters. The van der Waals surface area contributed by atoms with Crippen molar-refractivity contribution >= 4 is 76.3 Å². The topological polar surface area (TPSA) is 29.3 Å². The molecule has 10 aromatic rings. The van der Waals surface area contributed by atoms with Gasteiger partial charge in [-0.3, -0.25) is 4.99 Å². The van der Waals surface area contributed by atoms with E-state index >= 15 is 0 Å². The van der Waals surface area contributed by atoms with Crippen molar-refractivity contribution in [2.75, 3.05) is 0 Å². The molecule has 1 aromatic heterocycles. The molecule has 0 bridgehead atoms. The van der Waals surface area contributed by atoms with E-state index in [-0.39, 0.29) is 6.17 Å². The van der Waals surface area contributed by atoms with Gasteiger partial charge in [-0.1, -0.05) is 133 Å². The largest absolute Gasteiger partial charge is 0.360 e. The second-order valence-electron chi connectivity index (χ2n) is 14.1. The zero-order chi connectivity index (χ0) is 34.9. The van der Waals surface area contributed by atoms with E-state index in [1.54, 1.807) is 0 Å². The molecule has 1 aliphatic heterocycles. The molecule has 0 amide bonds. The third-order valence-electron chi connectivity index (χ3n) is 10.9. The van der Waals surface area contributed by atoms with Crippen LogP contribution in [0.1, 0.15) is 22.9 Å². The molecule has 0 spiro atoms. The highest BCUT2D eigenvalue weighted by Crippen LogP contribution is 2.36. The quantitative estimate of drug-likeness (QED) is 0.198. The number of aromatic nitrogens is 1. The van der Waals surface area contributed by atoms with Gasteiger partial charge in [0.05, 0.1) is 16.7 Å². The van der Waals surface area contributed by atoms with Crippen LogP contribution in [-0.4, -0.2) is 10.3 Å². The second kappa shape index (κ2) is 11.8. The molecule has 1 aliphatic rings. The molecule has 0 aliphatic carbocycles. The lowest BCUT2D eigenvalue weighted by Crippen LogP contribution is -2.24. The van der Waals surface area contributed by atoms with Crippen molar-refractivity contribution in [1.82, 2.24) is 9.88 Å². The van der Waals surface area contributed by atoms with Crippen LogP contribution in [0.15, 0.2) is 193 Å². The fourth-order valence-electron chi connectivity index (χ4n) is 8.22. The predicted octanol–water partition coefficient (Wildman–Crippen LogP) is 12.5. The van der Waals surface area contributed by atoms with Crippen LogP contribution in [0.4, 0.5) is 0 Å². The standard InChI is InChI=1S/C50H33N3/c1-3-11-35-25-39(20-17-32(35)9-1)46-31-47(40-21-18-33-10-2-4-12-36(33)26-40)52-50(51-46)41-22-19-34-23-24-43(28-42(34)27-41)53-48-16-8-7-15-44(48)45-29-37-13-5-6-14-38(37)30-49(45)53/h1-31,50-51H. The lowest BCUT2D eigenvalue weighted by molar-refractivity contribution is 0.665. The summed E-state index contributed by atoms with van der Waals surface area (Å²) in [4.78, 5) is 5.38. The van der Waals surface area contributed by atoms with Crippen LogP contribution in [0.25, 0.3) is 76.3 Å². The first-order valence-electron chi connectivity index (χ1n) is 18.2. The number of benzene rings is 9. The normalized spacial score (nSPS) is 14.6. The molecule has 0 fully saturated rings. The summed E-state index contributed by atoms with van der Waals surface area (Å²) in [6, 6.07) is 66.0. The summed E-state index contributed by atoms with van der Waals surface area (Å²) in [6.45, 7) is 0. The van der Waals surface area contributed by atoms with E-state index in [1.165, 1.54) is 64.9 Å². The van der Waals surface area contributed by atoms with Gasteiger partial charge in [0.25, 0.3) is 0 Å². The second-order valence-corrected chi connectivity index (χ2v) is 14.1. The van der Waals surface area contributed by atoms with Crippen molar-refractivity contribution in [3.8, 4) is 5.69 Å². The van der Waals surface area contributed by atoms with E-state index in [9.17, 15) is 0 Å². The van der Waals surface area contributed by atoms with Crippen LogP contribution in [-0.2, 0) is 0 Å². The number of hydrogen-bond acceptors (Lipinski definition) is 2. The van der Waals surface area contributed by atoms with Crippen molar-refractivity contribution in [2.24, 2.45) is 4.99 Å². The van der Waals surface area contributed by atoms with Gasteiger partial charge in [-0.15, -0.1) is 0 Å². The zero-order valence-electron chi connectivity index (χ0n) is 28.9. The summed E-state index contributed by atoms with van der Waals surface area (Å²) in [7, 11) is 0. The summed E-state index contributed by atoms with van der Waals surface area (Å²) >= 11 is 0. The van der Waals surface area contributed by atoms with Crippen LogP contribution in [0.5, 0.6) is 0 Å². The monoisotopic (exact) mass is 675 g/mol. The van der Waals surface area contributed by atoms with Crippen LogP contribution in [0, 0.1) is 0 Å². The summed E-state index contributed by atoms with van der Waals surface area (Å²) in [6.07, 6.45) is 1.94. The maximum absolute atomic E-state index is 5.38. The summed E-state index contributed by atoms with van der Waals surface area (Å²) in [5.41, 5.74) is 8.96. The van der Waals surface area contributed by atoms with Crippen LogP contribution in [0.2, 0.25) is 0 Å². The average Bonchev–Trinajstić information content (AvgIpc) is 3.55. The van der Waals surface area contributed by atoms with Gasteiger partial charge >= 0.3 is 0 Å². The summed E-state index contributed by atoms with van der Waals surface area (Å²) < 4.78 is 2.42. The molecule has 2 heterocycles. The number of para-hydroxylation sites is 1. The van der Waals surface area contributed by atoms with Crippen LogP contribution < -0.4 is 5.32 Å². The number of rotatable bonds is 4. The van der Waals surface area contributed by atoms with Crippen molar-refractivity contribution in [3.63, 3.8) is 0 Å². The molecule has 1 N–H and O–H groups in total. The van der Waals surface area contributed by atoms with Gasteiger partial charge in [-0.25, -0.2) is 0 Å². The molecular weight excluding hydrogens is 643 g/mol. The maximum Gasteiger partial charge on any atom is 0.145 e. The minimum atomic E-state index is -0.268. The zero-order valence-corrected chi connectivity index (χ0v) is 28.9. The van der Waals surface area contributed by atoms with Gasteiger partial charge in [0.2, 0.25) is 0 Å². The lowest BCUT2D eigenvalue weighted by atomic mass is 9.98. The Morgan fingerprint density at radius 1 is 0.415 bits per heavy atom. The molecule has 3 nitrogen and oxygen atoms in total. The Kier molecular flexibility index (Phi) is 6.62. The van der Waals surface area contributed by atoms with Crippen molar-refractivity contribution in [2.45, 2.75) is 6.17 Å². The van der Waals surface area contributed by atoms with Crippen molar-refractivity contribution < 1.29 is 0 Å². The van der Waals surface area contributed by atoms with Crippen molar-refractivity contribution in [1.29, 1.82) is 0 Å². The highest BCUT2D eigenvalue weighted by Gasteiger charge is 2.21. The fourth-order valence-corrected chi connectivity index (χ4v) is 8.22. The Balaban J connectivity index is 1.05. The average molecular weight is 676 g/mol. The van der Waals surface area contributed by atoms with Gasteiger partial charge in [0.15, 0.2) is 0 Å². The minimum Gasteiger partial charge on any atom is -0.360 e. The van der Waals surface area contributed by atoms with Crippen molar-refractivity contribution in [3.05, 3.63) is 205 Å². The predicted molar refractivity (Wildman–Crippen MR) is 224 cm³/mol. The number of fused-ring (bicyclic) bond motifs is 7. The van der Waals surface area contributed by atoms with E-state index in [2.05, 4.69) is 198 Å². The van der Waals surface area contributed by atoms with Gasteiger partial charge in [-0.05, 0) is 109 Å². The summed E-state index contributed by atoms with van der Waals surface area (Å²) in [5.74, 6) is 0. The van der Waals surface area contributed by atoms with Crippen LogP contribution in [0.3, 0.4) is 0 Å². The Morgan fingerprint density at radius 2 is 1.00 bits per heavy atom. The molecule has 9 aromatic carbocycles. The molecule has 248 valence electrons. The van der Waals surface area contributed by atoms with Crippen LogP contribution >= 0.6 is 0 Å². The lowest BCUT2D eigenvalue weighted by Gasteiger charge is -2.25. The van der Waals surface area contributed by atoms with E-state index in [0.29, 0.717) is 0 Å².